The van der Waals surface area contributed by atoms with Crippen LogP contribution in [0.2, 0.25) is 0 Å². The minimum atomic E-state index is 0. The van der Waals surface area contributed by atoms with E-state index in [9.17, 15) is 0 Å². The first kappa shape index (κ1) is 16.2. The molecule has 0 unspecified atom stereocenters. The van der Waals surface area contributed by atoms with Crippen molar-refractivity contribution in [2.75, 3.05) is 5.73 Å². The maximum atomic E-state index is 6.10. The van der Waals surface area contributed by atoms with E-state index in [2.05, 4.69) is 38.8 Å². The van der Waals surface area contributed by atoms with Gasteiger partial charge in [0, 0.05) is 15.0 Å². The molecule has 1 rings (SSSR count). The standard InChI is InChI=1S/C11H16Br2N2.ClH/c1-2-3-4-10(14)8-5-7(12)6-9(13)11(8)15;/h5-6,10H,2-4,14-15H2,1H3;1H/t10-;/m0./s1. The lowest BCUT2D eigenvalue weighted by Crippen LogP contribution is -2.12. The summed E-state index contributed by atoms with van der Waals surface area (Å²) in [5.74, 6) is 0. The Balaban J connectivity index is 0.00000225. The summed E-state index contributed by atoms with van der Waals surface area (Å²) in [6.45, 7) is 2.16. The maximum Gasteiger partial charge on any atom is 0.0507 e. The molecule has 0 fully saturated rings. The van der Waals surface area contributed by atoms with Gasteiger partial charge in [0.15, 0.2) is 0 Å². The number of halogens is 3. The Morgan fingerprint density at radius 3 is 2.50 bits per heavy atom. The van der Waals surface area contributed by atoms with Crippen molar-refractivity contribution in [3.63, 3.8) is 0 Å². The van der Waals surface area contributed by atoms with Crippen LogP contribution in [0.15, 0.2) is 21.1 Å². The zero-order chi connectivity index (χ0) is 11.4. The number of nitrogens with two attached hydrogens (primary N) is 2. The van der Waals surface area contributed by atoms with Crippen LogP contribution in [0.5, 0.6) is 0 Å². The van der Waals surface area contributed by atoms with E-state index in [4.69, 9.17) is 11.5 Å². The number of benzene rings is 1. The van der Waals surface area contributed by atoms with Crippen LogP contribution in [0.25, 0.3) is 0 Å². The predicted octanol–water partition coefficient (Wildman–Crippen LogP) is 4.41. The third kappa shape index (κ3) is 4.24. The number of rotatable bonds is 4. The summed E-state index contributed by atoms with van der Waals surface area (Å²) >= 11 is 6.87. The highest BCUT2D eigenvalue weighted by molar-refractivity contribution is 9.11. The fraction of sp³-hybridized carbons (Fsp3) is 0.455. The minimum absolute atomic E-state index is 0. The van der Waals surface area contributed by atoms with Gasteiger partial charge in [0.1, 0.15) is 0 Å². The van der Waals surface area contributed by atoms with Crippen LogP contribution in [0.3, 0.4) is 0 Å². The minimum Gasteiger partial charge on any atom is -0.398 e. The summed E-state index contributed by atoms with van der Waals surface area (Å²) in [6.07, 6.45) is 3.26. The Labute approximate surface area is 120 Å². The van der Waals surface area contributed by atoms with Gasteiger partial charge in [0.05, 0.1) is 5.69 Å². The Hall–Kier alpha value is 0.230. The van der Waals surface area contributed by atoms with Crippen LogP contribution in [-0.4, -0.2) is 0 Å². The molecule has 0 radical (unpaired) electrons. The van der Waals surface area contributed by atoms with Crippen LogP contribution < -0.4 is 11.5 Å². The molecule has 0 aliphatic carbocycles. The zero-order valence-electron chi connectivity index (χ0n) is 9.17. The van der Waals surface area contributed by atoms with Gasteiger partial charge in [-0.2, -0.15) is 0 Å². The fourth-order valence-corrected chi connectivity index (χ4v) is 2.75. The van der Waals surface area contributed by atoms with Crippen molar-refractivity contribution in [3.8, 4) is 0 Å². The smallest absolute Gasteiger partial charge is 0.0507 e. The van der Waals surface area contributed by atoms with Crippen molar-refractivity contribution >= 4 is 50.0 Å². The van der Waals surface area contributed by atoms with E-state index in [0.717, 1.165) is 39.5 Å². The summed E-state index contributed by atoms with van der Waals surface area (Å²) in [6, 6.07) is 3.96. The second kappa shape index (κ2) is 7.54. The maximum absolute atomic E-state index is 6.10. The van der Waals surface area contributed by atoms with Gasteiger partial charge in [-0.3, -0.25) is 0 Å². The van der Waals surface area contributed by atoms with Gasteiger partial charge in [-0.25, -0.2) is 0 Å². The molecule has 1 atom stereocenters. The van der Waals surface area contributed by atoms with E-state index >= 15 is 0 Å². The van der Waals surface area contributed by atoms with Gasteiger partial charge in [-0.05, 0) is 40.0 Å². The SMILES string of the molecule is CCCC[C@H](N)c1cc(Br)cc(Br)c1N.Cl. The van der Waals surface area contributed by atoms with Crippen LogP contribution in [0, 0.1) is 0 Å². The van der Waals surface area contributed by atoms with Gasteiger partial charge in [-0.1, -0.05) is 35.7 Å². The molecule has 2 nitrogen and oxygen atoms in total. The zero-order valence-corrected chi connectivity index (χ0v) is 13.2. The molecule has 0 saturated heterocycles. The van der Waals surface area contributed by atoms with Crippen molar-refractivity contribution < 1.29 is 0 Å². The summed E-state index contributed by atoms with van der Waals surface area (Å²) in [4.78, 5) is 0. The number of anilines is 1. The highest BCUT2D eigenvalue weighted by Crippen LogP contribution is 2.32. The van der Waals surface area contributed by atoms with E-state index in [1.165, 1.54) is 0 Å². The molecule has 92 valence electrons. The molecule has 5 heteroatoms. The third-order valence-corrected chi connectivity index (χ3v) is 3.51. The van der Waals surface area contributed by atoms with Crippen molar-refractivity contribution in [3.05, 3.63) is 26.6 Å². The summed E-state index contributed by atoms with van der Waals surface area (Å²) in [5, 5.41) is 0. The first-order valence-corrected chi connectivity index (χ1v) is 6.64. The van der Waals surface area contributed by atoms with Crippen LogP contribution in [0.4, 0.5) is 5.69 Å². The molecule has 0 heterocycles. The van der Waals surface area contributed by atoms with E-state index in [1.807, 2.05) is 12.1 Å². The van der Waals surface area contributed by atoms with Gasteiger partial charge >= 0.3 is 0 Å². The van der Waals surface area contributed by atoms with E-state index in [-0.39, 0.29) is 18.4 Å². The monoisotopic (exact) mass is 370 g/mol. The molecular weight excluding hydrogens is 355 g/mol. The highest BCUT2D eigenvalue weighted by Gasteiger charge is 2.12. The third-order valence-electron chi connectivity index (χ3n) is 2.39. The summed E-state index contributed by atoms with van der Waals surface area (Å²) < 4.78 is 1.91. The molecule has 0 aromatic heterocycles. The number of unbranched alkanes of at least 4 members (excludes halogenated alkanes) is 1. The number of hydrogen-bond donors (Lipinski definition) is 2. The molecule has 0 spiro atoms. The first-order valence-electron chi connectivity index (χ1n) is 5.06. The molecule has 16 heavy (non-hydrogen) atoms. The van der Waals surface area contributed by atoms with E-state index < -0.39 is 0 Å². The molecule has 0 aliphatic heterocycles. The van der Waals surface area contributed by atoms with Crippen LogP contribution >= 0.6 is 44.3 Å². The molecule has 1 aromatic carbocycles. The molecule has 0 bridgehead atoms. The van der Waals surface area contributed by atoms with E-state index in [0.29, 0.717) is 0 Å². The van der Waals surface area contributed by atoms with Crippen molar-refractivity contribution in [2.24, 2.45) is 5.73 Å². The largest absolute Gasteiger partial charge is 0.398 e. The average Bonchev–Trinajstić information content (AvgIpc) is 2.19. The Bertz CT molecular complexity index is 345. The molecule has 0 aliphatic rings. The van der Waals surface area contributed by atoms with Crippen LogP contribution in [-0.2, 0) is 0 Å². The fourth-order valence-electron chi connectivity index (χ4n) is 1.49. The Kier molecular flexibility index (Phi) is 7.64. The normalized spacial score (nSPS) is 12.0. The van der Waals surface area contributed by atoms with Crippen molar-refractivity contribution in [1.82, 2.24) is 0 Å². The van der Waals surface area contributed by atoms with Crippen LogP contribution in [0.1, 0.15) is 37.8 Å². The number of hydrogen-bond acceptors (Lipinski definition) is 2. The molecule has 1 aromatic rings. The van der Waals surface area contributed by atoms with Gasteiger partial charge in [0.2, 0.25) is 0 Å². The lowest BCUT2D eigenvalue weighted by molar-refractivity contribution is 0.604. The van der Waals surface area contributed by atoms with Gasteiger partial charge in [0.25, 0.3) is 0 Å². The second-order valence-corrected chi connectivity index (χ2v) is 5.41. The van der Waals surface area contributed by atoms with Crippen molar-refractivity contribution in [2.45, 2.75) is 32.2 Å². The lowest BCUT2D eigenvalue weighted by Gasteiger charge is -2.15. The van der Waals surface area contributed by atoms with E-state index in [1.54, 1.807) is 0 Å². The first-order chi connectivity index (χ1) is 7.06. The predicted molar refractivity (Wildman–Crippen MR) is 80.0 cm³/mol. The number of nitrogen functional groups attached to an aromatic ring is 1. The average molecular weight is 373 g/mol. The molecule has 0 saturated carbocycles. The molecular formula is C11H17Br2ClN2. The highest BCUT2D eigenvalue weighted by atomic mass is 79.9. The Morgan fingerprint density at radius 1 is 1.31 bits per heavy atom. The lowest BCUT2D eigenvalue weighted by atomic mass is 10.0. The van der Waals surface area contributed by atoms with Crippen molar-refractivity contribution in [1.29, 1.82) is 0 Å². The Morgan fingerprint density at radius 2 is 1.94 bits per heavy atom. The second-order valence-electron chi connectivity index (χ2n) is 3.64. The quantitative estimate of drug-likeness (QED) is 0.770. The van der Waals surface area contributed by atoms with Gasteiger partial charge in [-0.15, -0.1) is 12.4 Å². The molecule has 4 N–H and O–H groups in total. The topological polar surface area (TPSA) is 52.0 Å². The summed E-state index contributed by atoms with van der Waals surface area (Å²) in [5.41, 5.74) is 13.8. The molecule has 0 amide bonds. The van der Waals surface area contributed by atoms with Gasteiger partial charge < -0.3 is 11.5 Å². The summed E-state index contributed by atoms with van der Waals surface area (Å²) in [7, 11) is 0.